The molecule has 0 aromatic carbocycles. The van der Waals surface area contributed by atoms with E-state index in [0.717, 1.165) is 12.0 Å². The van der Waals surface area contributed by atoms with Gasteiger partial charge >= 0.3 is 0 Å². The number of nitroso groups, excluding NO2 is 1. The van der Waals surface area contributed by atoms with Crippen molar-refractivity contribution < 1.29 is 4.79 Å². The second-order valence-electron chi connectivity index (χ2n) is 5.38. The maximum absolute atomic E-state index is 12.3. The number of carbonyl (C=O) groups is 1. The summed E-state index contributed by atoms with van der Waals surface area (Å²) in [5.74, 6) is 0.0827. The molecule has 0 aliphatic heterocycles. The first kappa shape index (κ1) is 15.7. The highest BCUT2D eigenvalue weighted by Crippen LogP contribution is 2.21. The van der Waals surface area contributed by atoms with Crippen LogP contribution < -0.4 is 5.73 Å². The average molecular weight is 324 g/mol. The standard InChI is InChI=1S/C16H16N6O2/c1-2-3-13(23)15-16(17)20-14-5-4-12(21-22(14)15)11-6-10(8-19-24)7-18-9-11/h4-7,9H,2-3,8,17H2,1H3. The van der Waals surface area contributed by atoms with Gasteiger partial charge in [-0.15, -0.1) is 0 Å². The van der Waals surface area contributed by atoms with E-state index in [9.17, 15) is 9.70 Å². The molecule has 3 rings (SSSR count). The first-order valence-electron chi connectivity index (χ1n) is 7.56. The molecule has 0 spiro atoms. The number of carbonyl (C=O) groups excluding carboxylic acids is 1. The highest BCUT2D eigenvalue weighted by Gasteiger charge is 2.18. The first-order valence-corrected chi connectivity index (χ1v) is 7.56. The van der Waals surface area contributed by atoms with Crippen LogP contribution in [0.4, 0.5) is 5.82 Å². The number of anilines is 1. The number of nitrogen functional groups attached to an aromatic ring is 1. The quantitative estimate of drug-likeness (QED) is 0.550. The number of imidazole rings is 1. The summed E-state index contributed by atoms with van der Waals surface area (Å²) in [5.41, 5.74) is 8.71. The molecule has 24 heavy (non-hydrogen) atoms. The number of hydrogen-bond acceptors (Lipinski definition) is 7. The average Bonchev–Trinajstić information content (AvgIpc) is 2.90. The first-order chi connectivity index (χ1) is 11.6. The topological polar surface area (TPSA) is 116 Å². The molecule has 0 amide bonds. The van der Waals surface area contributed by atoms with E-state index in [0.29, 0.717) is 29.0 Å². The summed E-state index contributed by atoms with van der Waals surface area (Å²) in [6, 6.07) is 5.30. The van der Waals surface area contributed by atoms with Gasteiger partial charge < -0.3 is 5.73 Å². The lowest BCUT2D eigenvalue weighted by molar-refractivity contribution is 0.0976. The normalized spacial score (nSPS) is 10.9. The molecule has 0 saturated carbocycles. The molecule has 2 N–H and O–H groups in total. The molecule has 3 aromatic heterocycles. The minimum absolute atomic E-state index is 0.0430. The molecular weight excluding hydrogens is 308 g/mol. The predicted molar refractivity (Wildman–Crippen MR) is 89.4 cm³/mol. The van der Waals surface area contributed by atoms with Gasteiger partial charge in [-0.2, -0.15) is 10.0 Å². The van der Waals surface area contributed by atoms with Crippen molar-refractivity contribution in [1.29, 1.82) is 0 Å². The van der Waals surface area contributed by atoms with Crippen molar-refractivity contribution in [3.63, 3.8) is 0 Å². The van der Waals surface area contributed by atoms with E-state index in [1.807, 2.05) is 6.92 Å². The molecule has 0 bridgehead atoms. The van der Waals surface area contributed by atoms with Crippen LogP contribution in [0, 0.1) is 4.91 Å². The van der Waals surface area contributed by atoms with Crippen LogP contribution in [0.3, 0.4) is 0 Å². The van der Waals surface area contributed by atoms with E-state index in [4.69, 9.17) is 5.73 Å². The van der Waals surface area contributed by atoms with Crippen molar-refractivity contribution in [2.24, 2.45) is 5.18 Å². The molecular formula is C16H16N6O2. The molecule has 0 radical (unpaired) electrons. The Bertz CT molecular complexity index is 918. The number of fused-ring (bicyclic) bond motifs is 1. The van der Waals surface area contributed by atoms with Crippen molar-refractivity contribution in [3.05, 3.63) is 46.8 Å². The van der Waals surface area contributed by atoms with Gasteiger partial charge in [0.15, 0.2) is 22.9 Å². The Kier molecular flexibility index (Phi) is 4.28. The van der Waals surface area contributed by atoms with Crippen molar-refractivity contribution in [2.75, 3.05) is 5.73 Å². The number of pyridine rings is 1. The molecule has 0 atom stereocenters. The molecule has 0 fully saturated rings. The van der Waals surface area contributed by atoms with E-state index >= 15 is 0 Å². The Labute approximate surface area is 137 Å². The summed E-state index contributed by atoms with van der Waals surface area (Å²) in [7, 11) is 0. The largest absolute Gasteiger partial charge is 0.382 e. The number of aromatic nitrogens is 4. The fraction of sp³-hybridized carbons (Fsp3) is 0.250. The molecule has 8 nitrogen and oxygen atoms in total. The third-order valence-electron chi connectivity index (χ3n) is 3.58. The number of nitrogens with zero attached hydrogens (tertiary/aromatic N) is 5. The maximum Gasteiger partial charge on any atom is 0.185 e. The summed E-state index contributed by atoms with van der Waals surface area (Å²) >= 11 is 0. The number of nitrogens with two attached hydrogens (primary N) is 1. The Hall–Kier alpha value is -3.16. The van der Waals surface area contributed by atoms with Crippen LogP contribution in [0.1, 0.15) is 35.8 Å². The van der Waals surface area contributed by atoms with Gasteiger partial charge in [0.1, 0.15) is 6.54 Å². The van der Waals surface area contributed by atoms with E-state index in [-0.39, 0.29) is 18.1 Å². The number of rotatable bonds is 6. The van der Waals surface area contributed by atoms with Gasteiger partial charge in [-0.25, -0.2) is 9.50 Å². The molecule has 3 aromatic rings. The third-order valence-corrected chi connectivity index (χ3v) is 3.58. The monoisotopic (exact) mass is 324 g/mol. The highest BCUT2D eigenvalue weighted by atomic mass is 16.3. The molecule has 0 aliphatic rings. The van der Waals surface area contributed by atoms with Crippen LogP contribution in [0.25, 0.3) is 16.9 Å². The molecule has 3 heterocycles. The van der Waals surface area contributed by atoms with E-state index in [2.05, 4.69) is 20.2 Å². The lowest BCUT2D eigenvalue weighted by Gasteiger charge is -2.05. The van der Waals surface area contributed by atoms with Gasteiger partial charge in [-0.1, -0.05) is 12.1 Å². The van der Waals surface area contributed by atoms with Crippen LogP contribution >= 0.6 is 0 Å². The minimum Gasteiger partial charge on any atom is -0.382 e. The zero-order valence-corrected chi connectivity index (χ0v) is 13.1. The van der Waals surface area contributed by atoms with Crippen LogP contribution in [-0.2, 0) is 6.54 Å². The minimum atomic E-state index is -0.0934. The maximum atomic E-state index is 12.3. The van der Waals surface area contributed by atoms with Gasteiger partial charge in [0, 0.05) is 24.4 Å². The second kappa shape index (κ2) is 6.53. The van der Waals surface area contributed by atoms with Gasteiger partial charge in [-0.05, 0) is 30.2 Å². The number of hydrogen-bond donors (Lipinski definition) is 1. The Balaban J connectivity index is 2.10. The van der Waals surface area contributed by atoms with Gasteiger partial charge in [0.2, 0.25) is 0 Å². The fourth-order valence-electron chi connectivity index (χ4n) is 2.50. The van der Waals surface area contributed by atoms with Crippen LogP contribution in [0.2, 0.25) is 0 Å². The Morgan fingerprint density at radius 3 is 2.92 bits per heavy atom. The van der Waals surface area contributed by atoms with Gasteiger partial charge in [-0.3, -0.25) is 9.78 Å². The molecule has 0 unspecified atom stereocenters. The smallest absolute Gasteiger partial charge is 0.185 e. The van der Waals surface area contributed by atoms with Crippen LogP contribution in [-0.4, -0.2) is 25.4 Å². The number of Topliss-reactive ketones (excluding diaryl/α,β-unsaturated/α-hetero) is 1. The van der Waals surface area contributed by atoms with E-state index in [1.54, 1.807) is 30.6 Å². The Morgan fingerprint density at radius 1 is 1.33 bits per heavy atom. The zero-order chi connectivity index (χ0) is 17.1. The van der Waals surface area contributed by atoms with E-state index < -0.39 is 0 Å². The molecule has 0 aliphatic carbocycles. The van der Waals surface area contributed by atoms with Crippen molar-refractivity contribution >= 4 is 17.2 Å². The van der Waals surface area contributed by atoms with Crippen LogP contribution in [0.5, 0.6) is 0 Å². The van der Waals surface area contributed by atoms with Crippen molar-refractivity contribution in [2.45, 2.75) is 26.3 Å². The molecule has 8 heteroatoms. The van der Waals surface area contributed by atoms with Gasteiger partial charge in [0.05, 0.1) is 5.69 Å². The van der Waals surface area contributed by atoms with E-state index in [1.165, 1.54) is 4.52 Å². The molecule has 122 valence electrons. The van der Waals surface area contributed by atoms with Crippen molar-refractivity contribution in [3.8, 4) is 11.3 Å². The zero-order valence-electron chi connectivity index (χ0n) is 13.1. The lowest BCUT2D eigenvalue weighted by atomic mass is 10.1. The van der Waals surface area contributed by atoms with Crippen LogP contribution in [0.15, 0.2) is 35.8 Å². The SMILES string of the molecule is CCCC(=O)c1c(N)nc2ccc(-c3cncc(CN=O)c3)nn12. The summed E-state index contributed by atoms with van der Waals surface area (Å²) in [6.45, 7) is 1.97. The predicted octanol–water partition coefficient (Wildman–Crippen LogP) is 2.62. The summed E-state index contributed by atoms with van der Waals surface area (Å²) < 4.78 is 1.47. The molecule has 0 saturated heterocycles. The number of ketones is 1. The summed E-state index contributed by atoms with van der Waals surface area (Å²) in [5, 5.41) is 7.34. The lowest BCUT2D eigenvalue weighted by Crippen LogP contribution is -2.08. The summed E-state index contributed by atoms with van der Waals surface area (Å²) in [4.78, 5) is 31.0. The third kappa shape index (κ3) is 2.85. The van der Waals surface area contributed by atoms with Gasteiger partial charge in [0.25, 0.3) is 0 Å². The summed E-state index contributed by atoms with van der Waals surface area (Å²) in [6.07, 6.45) is 4.31. The van der Waals surface area contributed by atoms with Crippen molar-refractivity contribution in [1.82, 2.24) is 19.6 Å². The second-order valence-corrected chi connectivity index (χ2v) is 5.38. The fourth-order valence-corrected chi connectivity index (χ4v) is 2.50. The Morgan fingerprint density at radius 2 is 2.17 bits per heavy atom. The highest BCUT2D eigenvalue weighted by molar-refractivity contribution is 5.99.